The van der Waals surface area contributed by atoms with Crippen molar-refractivity contribution in [3.05, 3.63) is 11.7 Å². The lowest BCUT2D eigenvalue weighted by molar-refractivity contribution is -0.125. The van der Waals surface area contributed by atoms with Crippen LogP contribution in [0.1, 0.15) is 32.0 Å². The fourth-order valence-corrected chi connectivity index (χ4v) is 1.76. The Labute approximate surface area is 107 Å². The monoisotopic (exact) mass is 254 g/mol. The number of nitrogens with two attached hydrogens (primary N) is 1. The number of rotatable bonds is 7. The highest BCUT2D eigenvalue weighted by Gasteiger charge is 2.17. The van der Waals surface area contributed by atoms with Crippen molar-refractivity contribution in [1.82, 2.24) is 15.5 Å². The van der Waals surface area contributed by atoms with Crippen LogP contribution in [0, 0.1) is 18.8 Å². The van der Waals surface area contributed by atoms with Gasteiger partial charge in [0.15, 0.2) is 5.82 Å². The van der Waals surface area contributed by atoms with Crippen LogP contribution in [-0.4, -0.2) is 29.1 Å². The molecule has 1 amide bonds. The summed E-state index contributed by atoms with van der Waals surface area (Å²) in [5.41, 5.74) is 5.61. The molecule has 18 heavy (non-hydrogen) atoms. The van der Waals surface area contributed by atoms with Crippen LogP contribution in [0.4, 0.5) is 0 Å². The molecule has 0 fully saturated rings. The summed E-state index contributed by atoms with van der Waals surface area (Å²) in [5, 5.41) is 6.62. The topological polar surface area (TPSA) is 94.0 Å². The van der Waals surface area contributed by atoms with Crippen LogP contribution < -0.4 is 11.1 Å². The zero-order chi connectivity index (χ0) is 13.5. The Morgan fingerprint density at radius 1 is 1.50 bits per heavy atom. The van der Waals surface area contributed by atoms with Gasteiger partial charge in [0.25, 0.3) is 0 Å². The number of nitrogens with one attached hydrogen (secondary N) is 1. The number of aromatic nitrogens is 2. The Balaban J connectivity index is 2.31. The molecule has 0 spiro atoms. The minimum Gasteiger partial charge on any atom is -0.355 e. The maximum absolute atomic E-state index is 11.8. The maximum Gasteiger partial charge on any atom is 0.224 e. The quantitative estimate of drug-likeness (QED) is 0.745. The molecule has 1 heterocycles. The van der Waals surface area contributed by atoms with E-state index in [4.69, 9.17) is 10.3 Å². The molecular formula is C12H22N4O2. The molecule has 0 aliphatic rings. The molecule has 0 saturated carbocycles. The number of hydrogen-bond donors (Lipinski definition) is 2. The first-order valence-corrected chi connectivity index (χ1v) is 6.30. The van der Waals surface area contributed by atoms with E-state index in [2.05, 4.69) is 29.3 Å². The van der Waals surface area contributed by atoms with Gasteiger partial charge < -0.3 is 15.6 Å². The van der Waals surface area contributed by atoms with Crippen molar-refractivity contribution >= 4 is 5.91 Å². The standard InChI is InChI=1S/C12H22N4O2/c1-8(2)6-10(7-13)12(17)14-5-4-11-15-9(3)18-16-11/h8,10H,4-7,13H2,1-3H3,(H,14,17). The number of amides is 1. The number of nitrogens with zero attached hydrogens (tertiary/aromatic N) is 2. The summed E-state index contributed by atoms with van der Waals surface area (Å²) in [4.78, 5) is 15.9. The van der Waals surface area contributed by atoms with Crippen molar-refractivity contribution in [3.8, 4) is 0 Å². The molecule has 1 aromatic heterocycles. The van der Waals surface area contributed by atoms with Crippen LogP contribution in [-0.2, 0) is 11.2 Å². The van der Waals surface area contributed by atoms with Gasteiger partial charge in [0, 0.05) is 26.4 Å². The Morgan fingerprint density at radius 3 is 2.72 bits per heavy atom. The van der Waals surface area contributed by atoms with Crippen molar-refractivity contribution in [2.24, 2.45) is 17.6 Å². The van der Waals surface area contributed by atoms with Gasteiger partial charge in [-0.2, -0.15) is 4.98 Å². The highest BCUT2D eigenvalue weighted by molar-refractivity contribution is 5.78. The van der Waals surface area contributed by atoms with Crippen molar-refractivity contribution in [2.75, 3.05) is 13.1 Å². The highest BCUT2D eigenvalue weighted by atomic mass is 16.5. The molecule has 0 aliphatic carbocycles. The normalized spacial score (nSPS) is 12.7. The van der Waals surface area contributed by atoms with E-state index in [1.54, 1.807) is 6.92 Å². The molecule has 1 rings (SSSR count). The third-order valence-electron chi connectivity index (χ3n) is 2.63. The summed E-state index contributed by atoms with van der Waals surface area (Å²) in [6.07, 6.45) is 1.38. The van der Waals surface area contributed by atoms with Gasteiger partial charge in [-0.25, -0.2) is 0 Å². The van der Waals surface area contributed by atoms with Gasteiger partial charge in [-0.3, -0.25) is 4.79 Å². The third kappa shape index (κ3) is 4.83. The van der Waals surface area contributed by atoms with Crippen LogP contribution in [0.25, 0.3) is 0 Å². The molecular weight excluding hydrogens is 232 g/mol. The molecule has 1 aromatic rings. The van der Waals surface area contributed by atoms with Crippen molar-refractivity contribution in [2.45, 2.75) is 33.6 Å². The van der Waals surface area contributed by atoms with E-state index in [0.29, 0.717) is 37.1 Å². The first kappa shape index (κ1) is 14.6. The van der Waals surface area contributed by atoms with E-state index >= 15 is 0 Å². The van der Waals surface area contributed by atoms with Crippen LogP contribution in [0.3, 0.4) is 0 Å². The lowest BCUT2D eigenvalue weighted by Gasteiger charge is -2.16. The lowest BCUT2D eigenvalue weighted by Crippen LogP contribution is -2.36. The van der Waals surface area contributed by atoms with Crippen LogP contribution in [0.5, 0.6) is 0 Å². The van der Waals surface area contributed by atoms with Crippen molar-refractivity contribution in [1.29, 1.82) is 0 Å². The van der Waals surface area contributed by atoms with E-state index < -0.39 is 0 Å². The van der Waals surface area contributed by atoms with E-state index in [9.17, 15) is 4.79 Å². The predicted molar refractivity (Wildman–Crippen MR) is 67.7 cm³/mol. The second kappa shape index (κ2) is 7.10. The molecule has 6 heteroatoms. The van der Waals surface area contributed by atoms with E-state index in [0.717, 1.165) is 6.42 Å². The molecule has 6 nitrogen and oxygen atoms in total. The summed E-state index contributed by atoms with van der Waals surface area (Å²) in [7, 11) is 0. The average molecular weight is 254 g/mol. The number of aryl methyl sites for hydroxylation is 1. The Hall–Kier alpha value is -1.43. The number of hydrogen-bond acceptors (Lipinski definition) is 5. The summed E-state index contributed by atoms with van der Waals surface area (Å²) in [6, 6.07) is 0. The van der Waals surface area contributed by atoms with Crippen molar-refractivity contribution in [3.63, 3.8) is 0 Å². The van der Waals surface area contributed by atoms with Gasteiger partial charge in [-0.1, -0.05) is 19.0 Å². The van der Waals surface area contributed by atoms with Gasteiger partial charge in [-0.15, -0.1) is 0 Å². The van der Waals surface area contributed by atoms with Gasteiger partial charge in [-0.05, 0) is 12.3 Å². The average Bonchev–Trinajstić information content (AvgIpc) is 2.71. The second-order valence-corrected chi connectivity index (χ2v) is 4.83. The summed E-state index contributed by atoms with van der Waals surface area (Å²) < 4.78 is 4.85. The Bertz CT molecular complexity index is 376. The molecule has 0 aromatic carbocycles. The summed E-state index contributed by atoms with van der Waals surface area (Å²) in [5.74, 6) is 1.50. The third-order valence-corrected chi connectivity index (χ3v) is 2.63. The Morgan fingerprint density at radius 2 is 2.22 bits per heavy atom. The number of carbonyl (C=O) groups is 1. The first-order chi connectivity index (χ1) is 8.52. The predicted octanol–water partition coefficient (Wildman–Crippen LogP) is 0.658. The maximum atomic E-state index is 11.8. The van der Waals surface area contributed by atoms with E-state index in [-0.39, 0.29) is 11.8 Å². The SMILES string of the molecule is Cc1nc(CCNC(=O)C(CN)CC(C)C)no1. The van der Waals surface area contributed by atoms with Gasteiger partial charge in [0.05, 0.1) is 5.92 Å². The lowest BCUT2D eigenvalue weighted by atomic mass is 9.96. The highest BCUT2D eigenvalue weighted by Crippen LogP contribution is 2.10. The van der Waals surface area contributed by atoms with Crippen molar-refractivity contribution < 1.29 is 9.32 Å². The molecule has 0 aliphatic heterocycles. The molecule has 102 valence electrons. The largest absolute Gasteiger partial charge is 0.355 e. The second-order valence-electron chi connectivity index (χ2n) is 4.83. The van der Waals surface area contributed by atoms with Gasteiger partial charge >= 0.3 is 0 Å². The Kier molecular flexibility index (Phi) is 5.77. The van der Waals surface area contributed by atoms with Crippen LogP contribution >= 0.6 is 0 Å². The first-order valence-electron chi connectivity index (χ1n) is 6.30. The van der Waals surface area contributed by atoms with E-state index in [1.807, 2.05) is 0 Å². The molecule has 3 N–H and O–H groups in total. The molecule has 0 saturated heterocycles. The molecule has 0 radical (unpaired) electrons. The fraction of sp³-hybridized carbons (Fsp3) is 0.750. The minimum absolute atomic E-state index is 0.00594. The smallest absolute Gasteiger partial charge is 0.224 e. The molecule has 0 bridgehead atoms. The molecule has 1 atom stereocenters. The minimum atomic E-state index is -0.114. The van der Waals surface area contributed by atoms with Gasteiger partial charge in [0.2, 0.25) is 11.8 Å². The van der Waals surface area contributed by atoms with Gasteiger partial charge in [0.1, 0.15) is 0 Å². The van der Waals surface area contributed by atoms with Crippen LogP contribution in [0.2, 0.25) is 0 Å². The summed E-state index contributed by atoms with van der Waals surface area (Å²) >= 11 is 0. The number of carbonyl (C=O) groups excluding carboxylic acids is 1. The molecule has 1 unspecified atom stereocenters. The van der Waals surface area contributed by atoms with Crippen LogP contribution in [0.15, 0.2) is 4.52 Å². The van der Waals surface area contributed by atoms with E-state index in [1.165, 1.54) is 0 Å². The summed E-state index contributed by atoms with van der Waals surface area (Å²) in [6.45, 7) is 6.79. The fourth-order valence-electron chi connectivity index (χ4n) is 1.76. The zero-order valence-corrected chi connectivity index (χ0v) is 11.3. The zero-order valence-electron chi connectivity index (χ0n) is 11.3.